The van der Waals surface area contributed by atoms with Gasteiger partial charge in [-0.2, -0.15) is 0 Å². The molecule has 2 aromatic carbocycles. The Labute approximate surface area is 158 Å². The maximum atomic E-state index is 12.3. The molecule has 0 saturated heterocycles. The minimum absolute atomic E-state index is 0.146. The van der Waals surface area contributed by atoms with Gasteiger partial charge < -0.3 is 10.6 Å². The van der Waals surface area contributed by atoms with Crippen molar-refractivity contribution in [3.05, 3.63) is 64.7 Å². The molecule has 2 aromatic rings. The van der Waals surface area contributed by atoms with E-state index in [-0.39, 0.29) is 17.7 Å². The molecule has 0 atom stereocenters. The average molecular weight is 371 g/mol. The predicted octanol–water partition coefficient (Wildman–Crippen LogP) is 4.79. The van der Waals surface area contributed by atoms with Crippen molar-refractivity contribution < 1.29 is 9.59 Å². The van der Waals surface area contributed by atoms with Crippen molar-refractivity contribution in [2.45, 2.75) is 38.6 Å². The van der Waals surface area contributed by atoms with Gasteiger partial charge in [0, 0.05) is 28.7 Å². The van der Waals surface area contributed by atoms with Gasteiger partial charge in [-0.3, -0.25) is 9.59 Å². The third kappa shape index (κ3) is 5.09. The van der Waals surface area contributed by atoms with E-state index in [1.807, 2.05) is 12.1 Å². The van der Waals surface area contributed by atoms with E-state index < -0.39 is 0 Å². The molecule has 3 rings (SSSR count). The molecule has 0 heterocycles. The van der Waals surface area contributed by atoms with Gasteiger partial charge in [0.25, 0.3) is 5.91 Å². The number of anilines is 1. The first-order chi connectivity index (χ1) is 12.6. The molecule has 0 radical (unpaired) electrons. The van der Waals surface area contributed by atoms with Gasteiger partial charge >= 0.3 is 0 Å². The highest BCUT2D eigenvalue weighted by molar-refractivity contribution is 6.30. The summed E-state index contributed by atoms with van der Waals surface area (Å²) in [4.78, 5) is 24.5. The molecule has 0 aliphatic heterocycles. The molecule has 1 fully saturated rings. The van der Waals surface area contributed by atoms with Crippen molar-refractivity contribution in [2.75, 3.05) is 5.32 Å². The van der Waals surface area contributed by atoms with Crippen LogP contribution in [0.15, 0.2) is 48.5 Å². The van der Waals surface area contributed by atoms with Crippen LogP contribution in [0.25, 0.3) is 0 Å². The molecule has 1 aliphatic carbocycles. The quantitative estimate of drug-likeness (QED) is 0.795. The minimum atomic E-state index is -0.190. The molecule has 2 N–H and O–H groups in total. The Kier molecular flexibility index (Phi) is 6.29. The topological polar surface area (TPSA) is 58.2 Å². The van der Waals surface area contributed by atoms with E-state index >= 15 is 0 Å². The van der Waals surface area contributed by atoms with Crippen LogP contribution in [0.2, 0.25) is 5.02 Å². The fourth-order valence-corrected chi connectivity index (χ4v) is 3.43. The summed E-state index contributed by atoms with van der Waals surface area (Å²) in [5, 5.41) is 6.40. The lowest BCUT2D eigenvalue weighted by Gasteiger charge is -2.20. The van der Waals surface area contributed by atoms with Crippen LogP contribution in [0.1, 0.15) is 48.0 Å². The number of rotatable bonds is 5. The zero-order chi connectivity index (χ0) is 18.4. The predicted molar refractivity (Wildman–Crippen MR) is 104 cm³/mol. The van der Waals surface area contributed by atoms with Gasteiger partial charge in [-0.05, 0) is 48.7 Å². The molecular weight excluding hydrogens is 348 g/mol. The van der Waals surface area contributed by atoms with Gasteiger partial charge in [0.05, 0.1) is 0 Å². The molecular formula is C21H23ClN2O2. The molecule has 0 aromatic heterocycles. The lowest BCUT2D eigenvalue weighted by atomic mass is 9.88. The zero-order valence-corrected chi connectivity index (χ0v) is 15.4. The fraction of sp³-hybridized carbons (Fsp3) is 0.333. The fourth-order valence-electron chi connectivity index (χ4n) is 3.24. The number of carbonyl (C=O) groups is 2. The molecule has 5 heteroatoms. The summed E-state index contributed by atoms with van der Waals surface area (Å²) in [7, 11) is 0. The van der Waals surface area contributed by atoms with E-state index in [1.54, 1.807) is 36.4 Å². The second kappa shape index (κ2) is 8.86. The molecule has 136 valence electrons. The van der Waals surface area contributed by atoms with E-state index in [0.29, 0.717) is 22.8 Å². The smallest absolute Gasteiger partial charge is 0.255 e. The molecule has 0 unspecified atom stereocenters. The average Bonchev–Trinajstić information content (AvgIpc) is 2.67. The summed E-state index contributed by atoms with van der Waals surface area (Å²) in [6, 6.07) is 14.3. The van der Waals surface area contributed by atoms with Gasteiger partial charge in [0.1, 0.15) is 0 Å². The molecule has 4 nitrogen and oxygen atoms in total. The summed E-state index contributed by atoms with van der Waals surface area (Å²) in [6.07, 6.45) is 5.52. The number of nitrogens with one attached hydrogen (secondary N) is 2. The van der Waals surface area contributed by atoms with Crippen LogP contribution < -0.4 is 10.6 Å². The summed E-state index contributed by atoms with van der Waals surface area (Å²) in [5.41, 5.74) is 2.20. The van der Waals surface area contributed by atoms with Gasteiger partial charge in [-0.25, -0.2) is 0 Å². The summed E-state index contributed by atoms with van der Waals surface area (Å²) >= 11 is 5.93. The van der Waals surface area contributed by atoms with Crippen molar-refractivity contribution in [1.82, 2.24) is 5.32 Å². The lowest BCUT2D eigenvalue weighted by Crippen LogP contribution is -2.31. The van der Waals surface area contributed by atoms with Crippen LogP contribution in [-0.4, -0.2) is 11.8 Å². The molecule has 0 bridgehead atoms. The first-order valence-corrected chi connectivity index (χ1v) is 9.43. The highest BCUT2D eigenvalue weighted by atomic mass is 35.5. The van der Waals surface area contributed by atoms with Gasteiger partial charge in [0.15, 0.2) is 0 Å². The van der Waals surface area contributed by atoms with Crippen LogP contribution in [0.3, 0.4) is 0 Å². The Morgan fingerprint density at radius 1 is 1.00 bits per heavy atom. The van der Waals surface area contributed by atoms with E-state index in [1.165, 1.54) is 6.42 Å². The Balaban J connectivity index is 1.52. The Morgan fingerprint density at radius 2 is 1.73 bits per heavy atom. The molecule has 0 spiro atoms. The Bertz CT molecular complexity index is 768. The van der Waals surface area contributed by atoms with Crippen molar-refractivity contribution in [3.63, 3.8) is 0 Å². The van der Waals surface area contributed by atoms with Crippen LogP contribution >= 0.6 is 11.6 Å². The number of hydrogen-bond donors (Lipinski definition) is 2. The van der Waals surface area contributed by atoms with Crippen LogP contribution in [0, 0.1) is 5.92 Å². The van der Waals surface area contributed by atoms with Crippen molar-refractivity contribution in [2.24, 2.45) is 5.92 Å². The molecule has 1 saturated carbocycles. The normalized spacial score (nSPS) is 14.7. The molecule has 1 aliphatic rings. The highest BCUT2D eigenvalue weighted by Gasteiger charge is 2.20. The Morgan fingerprint density at radius 3 is 2.42 bits per heavy atom. The Hall–Kier alpha value is -2.33. The highest BCUT2D eigenvalue weighted by Crippen LogP contribution is 2.23. The largest absolute Gasteiger partial charge is 0.352 e. The standard InChI is InChI=1S/C21H23ClN2O2/c22-18-7-4-8-19(13-18)24-21(26)17-11-9-15(10-12-17)14-23-20(25)16-5-2-1-3-6-16/h4,7-13,16H,1-3,5-6,14H2,(H,23,25)(H,24,26). The summed E-state index contributed by atoms with van der Waals surface area (Å²) in [5.74, 6) is 0.115. The maximum absolute atomic E-state index is 12.3. The van der Waals surface area contributed by atoms with E-state index in [9.17, 15) is 9.59 Å². The monoisotopic (exact) mass is 370 g/mol. The van der Waals surface area contributed by atoms with Crippen LogP contribution in [-0.2, 0) is 11.3 Å². The van der Waals surface area contributed by atoms with Crippen LogP contribution in [0.5, 0.6) is 0 Å². The first kappa shape index (κ1) is 18.5. The van der Waals surface area contributed by atoms with Gasteiger partial charge in [-0.15, -0.1) is 0 Å². The molecule has 2 amide bonds. The van der Waals surface area contributed by atoms with E-state index in [2.05, 4.69) is 10.6 Å². The summed E-state index contributed by atoms with van der Waals surface area (Å²) in [6.45, 7) is 0.492. The van der Waals surface area contributed by atoms with Gasteiger partial charge in [-0.1, -0.05) is 49.1 Å². The van der Waals surface area contributed by atoms with E-state index in [4.69, 9.17) is 11.6 Å². The van der Waals surface area contributed by atoms with Crippen molar-refractivity contribution in [3.8, 4) is 0 Å². The van der Waals surface area contributed by atoms with Crippen molar-refractivity contribution in [1.29, 1.82) is 0 Å². The number of amides is 2. The minimum Gasteiger partial charge on any atom is -0.352 e. The second-order valence-electron chi connectivity index (χ2n) is 6.71. The molecule has 26 heavy (non-hydrogen) atoms. The SMILES string of the molecule is O=C(Nc1cccc(Cl)c1)c1ccc(CNC(=O)C2CCCCC2)cc1. The number of hydrogen-bond acceptors (Lipinski definition) is 2. The van der Waals surface area contributed by atoms with Crippen molar-refractivity contribution >= 4 is 29.1 Å². The van der Waals surface area contributed by atoms with Crippen LogP contribution in [0.4, 0.5) is 5.69 Å². The lowest BCUT2D eigenvalue weighted by molar-refractivity contribution is -0.126. The third-order valence-electron chi connectivity index (χ3n) is 4.74. The van der Waals surface area contributed by atoms with Gasteiger partial charge in [0.2, 0.25) is 5.91 Å². The second-order valence-corrected chi connectivity index (χ2v) is 7.15. The first-order valence-electron chi connectivity index (χ1n) is 9.05. The maximum Gasteiger partial charge on any atom is 0.255 e. The summed E-state index contributed by atoms with van der Waals surface area (Å²) < 4.78 is 0. The number of carbonyl (C=O) groups excluding carboxylic acids is 2. The zero-order valence-electron chi connectivity index (χ0n) is 14.6. The number of halogens is 1. The number of benzene rings is 2. The van der Waals surface area contributed by atoms with E-state index in [0.717, 1.165) is 31.2 Å². The third-order valence-corrected chi connectivity index (χ3v) is 4.98.